The molecule has 114 valence electrons. The molecule has 1 aliphatic heterocycles. The molecule has 0 saturated carbocycles. The fraction of sp³-hybridized carbons (Fsp3) is 0.625. The van der Waals surface area contributed by atoms with E-state index in [0.717, 1.165) is 24.1 Å². The van der Waals surface area contributed by atoms with Gasteiger partial charge in [0, 0.05) is 18.8 Å². The molecule has 0 aliphatic carbocycles. The maximum absolute atomic E-state index is 6.10. The van der Waals surface area contributed by atoms with E-state index in [4.69, 9.17) is 5.73 Å². The Morgan fingerprint density at radius 1 is 1.19 bits per heavy atom. The van der Waals surface area contributed by atoms with Gasteiger partial charge in [0.1, 0.15) is 17.8 Å². The van der Waals surface area contributed by atoms with Crippen LogP contribution in [0.4, 0.5) is 5.82 Å². The minimum atomic E-state index is 0.256. The molecule has 0 unspecified atom stereocenters. The molecule has 5 heteroatoms. The van der Waals surface area contributed by atoms with Crippen molar-refractivity contribution >= 4 is 16.9 Å². The van der Waals surface area contributed by atoms with Crippen LogP contribution >= 0.6 is 0 Å². The first kappa shape index (κ1) is 14.3. The summed E-state index contributed by atoms with van der Waals surface area (Å²) in [6, 6.07) is 0. The van der Waals surface area contributed by atoms with Crippen LogP contribution in [0.5, 0.6) is 0 Å². The number of likely N-dealkylation sites (tertiary alicyclic amines) is 1. The highest BCUT2D eigenvalue weighted by Gasteiger charge is 2.29. The molecule has 0 spiro atoms. The van der Waals surface area contributed by atoms with Gasteiger partial charge in [0.05, 0.1) is 5.39 Å². The summed E-state index contributed by atoms with van der Waals surface area (Å²) >= 11 is 0. The Bertz CT molecular complexity index is 644. The predicted molar refractivity (Wildman–Crippen MR) is 86.2 cm³/mol. The number of rotatable bonds is 1. The molecule has 0 radical (unpaired) electrons. The van der Waals surface area contributed by atoms with Crippen molar-refractivity contribution in [3.05, 3.63) is 18.1 Å². The van der Waals surface area contributed by atoms with Gasteiger partial charge in [-0.2, -0.15) is 0 Å². The van der Waals surface area contributed by atoms with Crippen LogP contribution in [-0.4, -0.2) is 38.1 Å². The van der Waals surface area contributed by atoms with Gasteiger partial charge in [0.15, 0.2) is 0 Å². The van der Waals surface area contributed by atoms with Crippen molar-refractivity contribution < 1.29 is 0 Å². The third-order valence-electron chi connectivity index (χ3n) is 4.70. The lowest BCUT2D eigenvalue weighted by atomic mass is 9.87. The maximum atomic E-state index is 6.10. The van der Waals surface area contributed by atoms with Crippen molar-refractivity contribution in [3.8, 4) is 0 Å². The monoisotopic (exact) mass is 287 g/mol. The number of aryl methyl sites for hydroxylation is 1. The molecule has 2 aromatic heterocycles. The van der Waals surface area contributed by atoms with Gasteiger partial charge >= 0.3 is 0 Å². The van der Waals surface area contributed by atoms with Crippen molar-refractivity contribution in [2.75, 3.05) is 18.8 Å². The largest absolute Gasteiger partial charge is 0.383 e. The second-order valence-corrected chi connectivity index (χ2v) is 7.09. The molecule has 1 fully saturated rings. The normalized spacial score (nSPS) is 18.5. The Hall–Kier alpha value is -1.62. The number of hydrogen-bond donors (Lipinski definition) is 1. The molecule has 0 aromatic carbocycles. The van der Waals surface area contributed by atoms with E-state index in [1.54, 1.807) is 6.33 Å². The first-order chi connectivity index (χ1) is 9.88. The van der Waals surface area contributed by atoms with Gasteiger partial charge in [-0.15, -0.1) is 0 Å². The van der Waals surface area contributed by atoms with Crippen LogP contribution in [0.15, 0.2) is 12.5 Å². The van der Waals surface area contributed by atoms with E-state index in [9.17, 15) is 0 Å². The second-order valence-electron chi connectivity index (χ2n) is 7.09. The van der Waals surface area contributed by atoms with Crippen molar-refractivity contribution in [1.82, 2.24) is 19.4 Å². The minimum absolute atomic E-state index is 0.256. The fourth-order valence-corrected chi connectivity index (χ4v) is 3.44. The van der Waals surface area contributed by atoms with Crippen LogP contribution in [0, 0.1) is 0 Å². The van der Waals surface area contributed by atoms with Crippen LogP contribution < -0.4 is 5.73 Å². The molecule has 1 aliphatic rings. The van der Waals surface area contributed by atoms with Crippen molar-refractivity contribution in [1.29, 1.82) is 0 Å². The van der Waals surface area contributed by atoms with E-state index in [1.807, 2.05) is 7.05 Å². The summed E-state index contributed by atoms with van der Waals surface area (Å²) in [6.07, 6.45) is 6.08. The molecule has 1 saturated heterocycles. The molecule has 3 heterocycles. The molecule has 3 rings (SSSR count). The number of aromatic nitrogens is 3. The zero-order valence-corrected chi connectivity index (χ0v) is 13.4. The summed E-state index contributed by atoms with van der Waals surface area (Å²) in [5.41, 5.74) is 8.61. The smallest absolute Gasteiger partial charge is 0.145 e. The van der Waals surface area contributed by atoms with Crippen LogP contribution in [0.3, 0.4) is 0 Å². The third-order valence-corrected chi connectivity index (χ3v) is 4.70. The summed E-state index contributed by atoms with van der Waals surface area (Å²) in [4.78, 5) is 11.1. The molecule has 2 N–H and O–H groups in total. The van der Waals surface area contributed by atoms with Gasteiger partial charge in [-0.05, 0) is 58.2 Å². The van der Waals surface area contributed by atoms with Crippen molar-refractivity contribution in [2.24, 2.45) is 7.05 Å². The van der Waals surface area contributed by atoms with Gasteiger partial charge in [-0.1, -0.05) is 0 Å². The number of nitrogens with two attached hydrogens (primary N) is 1. The molecule has 2 aromatic rings. The van der Waals surface area contributed by atoms with E-state index < -0.39 is 0 Å². The summed E-state index contributed by atoms with van der Waals surface area (Å²) in [5.74, 6) is 1.16. The predicted octanol–water partition coefficient (Wildman–Crippen LogP) is 2.53. The summed E-state index contributed by atoms with van der Waals surface area (Å²) in [5, 5.41) is 1.05. The second kappa shape index (κ2) is 4.98. The summed E-state index contributed by atoms with van der Waals surface area (Å²) in [7, 11) is 2.03. The highest BCUT2D eigenvalue weighted by molar-refractivity contribution is 5.90. The van der Waals surface area contributed by atoms with E-state index >= 15 is 0 Å². The van der Waals surface area contributed by atoms with Gasteiger partial charge in [0.25, 0.3) is 0 Å². The molecule has 0 bridgehead atoms. The van der Waals surface area contributed by atoms with Crippen LogP contribution in [-0.2, 0) is 7.05 Å². The van der Waals surface area contributed by atoms with Crippen LogP contribution in [0.2, 0.25) is 0 Å². The van der Waals surface area contributed by atoms with Gasteiger partial charge in [-0.25, -0.2) is 9.97 Å². The van der Waals surface area contributed by atoms with Crippen molar-refractivity contribution in [2.45, 2.75) is 45.1 Å². The summed E-state index contributed by atoms with van der Waals surface area (Å²) < 4.78 is 2.07. The SMILES string of the molecule is Cn1cc(C2CCN(C(C)(C)C)CC2)c2c(N)ncnc21. The Morgan fingerprint density at radius 2 is 1.86 bits per heavy atom. The number of fused-ring (bicyclic) bond motifs is 1. The lowest BCUT2D eigenvalue weighted by Gasteiger charge is -2.40. The summed E-state index contributed by atoms with van der Waals surface area (Å²) in [6.45, 7) is 9.14. The van der Waals surface area contributed by atoms with Gasteiger partial charge < -0.3 is 10.3 Å². The number of hydrogen-bond acceptors (Lipinski definition) is 4. The van der Waals surface area contributed by atoms with E-state index in [1.165, 1.54) is 18.4 Å². The maximum Gasteiger partial charge on any atom is 0.145 e. The lowest BCUT2D eigenvalue weighted by Crippen LogP contribution is -2.45. The number of nitrogen functional groups attached to an aromatic ring is 1. The first-order valence-corrected chi connectivity index (χ1v) is 7.68. The Morgan fingerprint density at radius 3 is 2.48 bits per heavy atom. The fourth-order valence-electron chi connectivity index (χ4n) is 3.44. The van der Waals surface area contributed by atoms with E-state index in [-0.39, 0.29) is 5.54 Å². The Labute approximate surface area is 126 Å². The van der Waals surface area contributed by atoms with E-state index in [0.29, 0.717) is 11.7 Å². The average molecular weight is 287 g/mol. The minimum Gasteiger partial charge on any atom is -0.383 e. The molecule has 0 atom stereocenters. The standard InChI is InChI=1S/C16H25N5/c1-16(2,3)21-7-5-11(6-8-21)12-9-20(4)15-13(12)14(17)18-10-19-15/h9-11H,5-8H2,1-4H3,(H2,17,18,19). The number of nitrogens with zero attached hydrogens (tertiary/aromatic N) is 4. The van der Waals surface area contributed by atoms with Crippen LogP contribution in [0.1, 0.15) is 45.1 Å². The zero-order chi connectivity index (χ0) is 15.2. The Balaban J connectivity index is 1.90. The number of anilines is 1. The average Bonchev–Trinajstić information content (AvgIpc) is 2.77. The highest BCUT2D eigenvalue weighted by Crippen LogP contribution is 2.36. The van der Waals surface area contributed by atoms with Gasteiger partial charge in [-0.3, -0.25) is 4.90 Å². The number of piperidine rings is 1. The quantitative estimate of drug-likeness (QED) is 0.875. The first-order valence-electron chi connectivity index (χ1n) is 7.68. The molecule has 5 nitrogen and oxygen atoms in total. The Kier molecular flexibility index (Phi) is 3.40. The molecular formula is C16H25N5. The van der Waals surface area contributed by atoms with Gasteiger partial charge in [0.2, 0.25) is 0 Å². The highest BCUT2D eigenvalue weighted by atomic mass is 15.2. The third kappa shape index (κ3) is 2.50. The van der Waals surface area contributed by atoms with E-state index in [2.05, 4.69) is 46.4 Å². The molecule has 0 amide bonds. The van der Waals surface area contributed by atoms with Crippen LogP contribution in [0.25, 0.3) is 11.0 Å². The molecule has 21 heavy (non-hydrogen) atoms. The molecular weight excluding hydrogens is 262 g/mol. The zero-order valence-electron chi connectivity index (χ0n) is 13.4. The lowest BCUT2D eigenvalue weighted by molar-refractivity contribution is 0.102. The van der Waals surface area contributed by atoms with Crippen molar-refractivity contribution in [3.63, 3.8) is 0 Å². The topological polar surface area (TPSA) is 60.0 Å².